The summed E-state index contributed by atoms with van der Waals surface area (Å²) in [5.41, 5.74) is 15.5. The fourth-order valence-corrected chi connectivity index (χ4v) is 9.15. The Morgan fingerprint density at radius 1 is 0.382 bits per heavy atom. The minimum absolute atomic E-state index is 0.147. The van der Waals surface area contributed by atoms with Crippen molar-refractivity contribution in [1.82, 2.24) is 0 Å². The average Bonchev–Trinajstić information content (AvgIpc) is 3.95. The largest absolute Gasteiger partial charge is 0.456 e. The third-order valence-electron chi connectivity index (χ3n) is 11.9. The number of nitrogens with zero attached hydrogens (tertiary/aromatic N) is 1. The van der Waals surface area contributed by atoms with Crippen LogP contribution in [0.5, 0.6) is 0 Å². The number of hydrogen-bond acceptors (Lipinski definition) is 4. The highest BCUT2D eigenvalue weighted by Crippen LogP contribution is 2.51. The predicted octanol–water partition coefficient (Wildman–Crippen LogP) is 14.8. The van der Waals surface area contributed by atoms with Gasteiger partial charge in [0.15, 0.2) is 5.58 Å². The molecule has 3 heterocycles. The van der Waals surface area contributed by atoms with Gasteiger partial charge in [0.25, 0.3) is 0 Å². The zero-order valence-corrected chi connectivity index (χ0v) is 30.3. The molecule has 0 bridgehead atoms. The van der Waals surface area contributed by atoms with Gasteiger partial charge in [-0.15, -0.1) is 0 Å². The number of rotatable bonds is 4. The lowest BCUT2D eigenvalue weighted by molar-refractivity contribution is 0.660. The number of fused-ring (bicyclic) bond motifs is 12. The van der Waals surface area contributed by atoms with Crippen molar-refractivity contribution in [3.8, 4) is 22.3 Å². The van der Waals surface area contributed by atoms with E-state index in [2.05, 4.69) is 164 Å². The summed E-state index contributed by atoms with van der Waals surface area (Å²) in [6.07, 6.45) is 0. The third-order valence-corrected chi connectivity index (χ3v) is 11.9. The van der Waals surface area contributed by atoms with Gasteiger partial charge >= 0.3 is 0 Å². The molecule has 4 heteroatoms. The fraction of sp³-hybridized carbons (Fsp3) is 0.0588. The van der Waals surface area contributed by atoms with Crippen molar-refractivity contribution in [2.45, 2.75) is 19.3 Å². The molecule has 0 saturated carbocycles. The molecular weight excluding hydrogens is 675 g/mol. The van der Waals surface area contributed by atoms with Gasteiger partial charge in [-0.2, -0.15) is 0 Å². The Morgan fingerprint density at radius 2 is 1.00 bits per heavy atom. The van der Waals surface area contributed by atoms with Crippen LogP contribution >= 0.6 is 0 Å². The van der Waals surface area contributed by atoms with Crippen molar-refractivity contribution in [2.75, 3.05) is 4.90 Å². The Balaban J connectivity index is 1.04. The van der Waals surface area contributed by atoms with E-state index in [1.54, 1.807) is 0 Å². The molecule has 12 rings (SSSR count). The van der Waals surface area contributed by atoms with Gasteiger partial charge in [0.05, 0.1) is 11.4 Å². The SMILES string of the molecule is CC1(C)c2ccccc2-c2ccc(N(c3ccc4c(c3)oc3cc5c(cc34)oc3cc(-c4ccccc4)ccc35)c3cccc4c3oc3ccccc34)cc21. The van der Waals surface area contributed by atoms with E-state index in [4.69, 9.17) is 13.3 Å². The highest BCUT2D eigenvalue weighted by atomic mass is 16.3. The van der Waals surface area contributed by atoms with E-state index in [1.165, 1.54) is 27.8 Å². The van der Waals surface area contributed by atoms with Gasteiger partial charge in [0, 0.05) is 49.5 Å². The molecule has 0 unspecified atom stereocenters. The number of para-hydroxylation sites is 2. The van der Waals surface area contributed by atoms with Gasteiger partial charge in [-0.05, 0) is 94.0 Å². The highest BCUT2D eigenvalue weighted by Gasteiger charge is 2.36. The Morgan fingerprint density at radius 3 is 1.84 bits per heavy atom. The van der Waals surface area contributed by atoms with Gasteiger partial charge in [-0.1, -0.05) is 111 Å². The zero-order chi connectivity index (χ0) is 36.4. The summed E-state index contributed by atoms with van der Waals surface area (Å²) in [5, 5.41) is 6.37. The van der Waals surface area contributed by atoms with Crippen LogP contribution in [0, 0.1) is 0 Å². The Kier molecular flexibility index (Phi) is 6.09. The van der Waals surface area contributed by atoms with Crippen LogP contribution in [0.25, 0.3) is 88.1 Å². The third kappa shape index (κ3) is 4.34. The van der Waals surface area contributed by atoms with Gasteiger partial charge in [0.1, 0.15) is 27.9 Å². The van der Waals surface area contributed by atoms with Crippen molar-refractivity contribution in [3.63, 3.8) is 0 Å². The van der Waals surface area contributed by atoms with Gasteiger partial charge in [-0.25, -0.2) is 0 Å². The second-order valence-electron chi connectivity index (χ2n) is 15.3. The van der Waals surface area contributed by atoms with Crippen LogP contribution in [0.2, 0.25) is 0 Å². The lowest BCUT2D eigenvalue weighted by atomic mass is 9.82. The average molecular weight is 708 g/mol. The summed E-state index contributed by atoms with van der Waals surface area (Å²) in [5.74, 6) is 0. The van der Waals surface area contributed by atoms with E-state index in [1.807, 2.05) is 18.2 Å². The van der Waals surface area contributed by atoms with Crippen LogP contribution in [0.1, 0.15) is 25.0 Å². The first-order valence-electron chi connectivity index (χ1n) is 18.8. The molecule has 0 radical (unpaired) electrons. The molecule has 0 fully saturated rings. The monoisotopic (exact) mass is 707 g/mol. The summed E-state index contributed by atoms with van der Waals surface area (Å²) in [7, 11) is 0. The smallest absolute Gasteiger partial charge is 0.159 e. The molecule has 3 aromatic heterocycles. The normalized spacial score (nSPS) is 13.4. The zero-order valence-electron chi connectivity index (χ0n) is 30.3. The molecular formula is C51H33NO3. The standard InChI is InChI=1S/C51H33NO3/c1-51(2)42-16-8-6-13-34(42)35-23-20-32(26-43(35)51)52(44-17-10-15-39-36-14-7-9-18-45(36)55-50(39)44)33-21-24-38-41-29-48-40(28-49(41)54-47(38)27-33)37-22-19-31(25-46(37)53-48)30-11-4-3-5-12-30/h3-29H,1-2H3. The van der Waals surface area contributed by atoms with E-state index < -0.39 is 0 Å². The lowest BCUT2D eigenvalue weighted by Gasteiger charge is -2.28. The summed E-state index contributed by atoms with van der Waals surface area (Å²) in [6, 6.07) is 58.0. The molecule has 0 spiro atoms. The minimum atomic E-state index is -0.147. The summed E-state index contributed by atoms with van der Waals surface area (Å²) in [6.45, 7) is 4.65. The molecule has 0 aliphatic heterocycles. The first kappa shape index (κ1) is 30.4. The first-order valence-corrected chi connectivity index (χ1v) is 18.8. The van der Waals surface area contributed by atoms with E-state index in [0.717, 1.165) is 88.4 Å². The van der Waals surface area contributed by atoms with Crippen LogP contribution < -0.4 is 4.90 Å². The quantitative estimate of drug-likeness (QED) is 0.183. The maximum atomic E-state index is 6.73. The molecule has 260 valence electrons. The molecule has 1 aliphatic carbocycles. The molecule has 8 aromatic carbocycles. The first-order chi connectivity index (χ1) is 27.0. The maximum Gasteiger partial charge on any atom is 0.159 e. The summed E-state index contributed by atoms with van der Waals surface area (Å²) in [4.78, 5) is 2.32. The maximum absolute atomic E-state index is 6.73. The molecule has 55 heavy (non-hydrogen) atoms. The number of benzene rings is 8. The molecule has 0 saturated heterocycles. The molecule has 4 nitrogen and oxygen atoms in total. The predicted molar refractivity (Wildman–Crippen MR) is 226 cm³/mol. The van der Waals surface area contributed by atoms with Crippen molar-refractivity contribution in [1.29, 1.82) is 0 Å². The summed E-state index contributed by atoms with van der Waals surface area (Å²) < 4.78 is 19.9. The fourth-order valence-electron chi connectivity index (χ4n) is 9.15. The van der Waals surface area contributed by atoms with Gasteiger partial charge in [-0.3, -0.25) is 0 Å². The van der Waals surface area contributed by atoms with Crippen LogP contribution in [0.4, 0.5) is 17.1 Å². The van der Waals surface area contributed by atoms with Crippen LogP contribution in [-0.4, -0.2) is 0 Å². The van der Waals surface area contributed by atoms with E-state index >= 15 is 0 Å². The van der Waals surface area contributed by atoms with Crippen molar-refractivity contribution in [3.05, 3.63) is 175 Å². The van der Waals surface area contributed by atoms with Crippen LogP contribution in [-0.2, 0) is 5.41 Å². The van der Waals surface area contributed by atoms with Gasteiger partial charge in [0.2, 0.25) is 0 Å². The van der Waals surface area contributed by atoms with E-state index in [0.29, 0.717) is 0 Å². The Hall–Kier alpha value is -7.04. The van der Waals surface area contributed by atoms with Crippen LogP contribution in [0.15, 0.2) is 177 Å². The summed E-state index contributed by atoms with van der Waals surface area (Å²) >= 11 is 0. The Labute approximate surface area is 316 Å². The topological polar surface area (TPSA) is 42.7 Å². The second-order valence-corrected chi connectivity index (χ2v) is 15.3. The number of anilines is 3. The Bertz CT molecular complexity index is 3360. The van der Waals surface area contributed by atoms with Crippen LogP contribution in [0.3, 0.4) is 0 Å². The second kappa shape index (κ2) is 11.0. The van der Waals surface area contributed by atoms with Crippen molar-refractivity contribution in [2.24, 2.45) is 0 Å². The van der Waals surface area contributed by atoms with Gasteiger partial charge < -0.3 is 18.2 Å². The lowest BCUT2D eigenvalue weighted by Crippen LogP contribution is -2.16. The van der Waals surface area contributed by atoms with Crippen molar-refractivity contribution < 1.29 is 13.3 Å². The van der Waals surface area contributed by atoms with Crippen molar-refractivity contribution >= 4 is 82.9 Å². The molecule has 11 aromatic rings. The molecule has 1 aliphatic rings. The molecule has 0 N–H and O–H groups in total. The van der Waals surface area contributed by atoms with E-state index in [9.17, 15) is 0 Å². The number of furan rings is 3. The minimum Gasteiger partial charge on any atom is -0.456 e. The highest BCUT2D eigenvalue weighted by molar-refractivity contribution is 6.16. The molecule has 0 amide bonds. The molecule has 0 atom stereocenters. The van der Waals surface area contributed by atoms with E-state index in [-0.39, 0.29) is 5.41 Å². The number of hydrogen-bond donors (Lipinski definition) is 0.